The minimum absolute atomic E-state index is 0.136. The highest BCUT2D eigenvalue weighted by atomic mass is 32.1. The lowest BCUT2D eigenvalue weighted by Gasteiger charge is -2.19. The third kappa shape index (κ3) is 5.73. The second-order valence-electron chi connectivity index (χ2n) is 8.40. The van der Waals surface area contributed by atoms with E-state index in [1.165, 1.54) is 31.8 Å². The van der Waals surface area contributed by atoms with Crippen molar-refractivity contribution in [2.45, 2.75) is 51.9 Å². The second kappa shape index (κ2) is 9.71. The van der Waals surface area contributed by atoms with Gasteiger partial charge in [-0.1, -0.05) is 24.7 Å². The number of fused-ring (bicyclic) bond motifs is 1. The third-order valence-corrected chi connectivity index (χ3v) is 5.84. The Morgan fingerprint density at radius 2 is 2.00 bits per heavy atom. The van der Waals surface area contributed by atoms with E-state index in [9.17, 15) is 27.9 Å². The summed E-state index contributed by atoms with van der Waals surface area (Å²) in [6, 6.07) is 2.51. The first-order valence-corrected chi connectivity index (χ1v) is 11.3. The predicted octanol–water partition coefficient (Wildman–Crippen LogP) is 3.51. The van der Waals surface area contributed by atoms with Gasteiger partial charge in [-0.25, -0.2) is 4.68 Å². The average Bonchev–Trinajstić information content (AvgIpc) is 3.09. The van der Waals surface area contributed by atoms with Gasteiger partial charge in [-0.2, -0.15) is 23.3 Å². The molecule has 0 aliphatic heterocycles. The van der Waals surface area contributed by atoms with E-state index >= 15 is 0 Å². The number of benzene rings is 1. The number of amides is 1. The van der Waals surface area contributed by atoms with Gasteiger partial charge < -0.3 is 14.4 Å². The van der Waals surface area contributed by atoms with Crippen molar-refractivity contribution >= 4 is 27.5 Å². The van der Waals surface area contributed by atoms with E-state index in [1.807, 2.05) is 6.92 Å². The number of thiazole rings is 1. The van der Waals surface area contributed by atoms with Crippen LogP contribution in [0.15, 0.2) is 34.2 Å². The molecule has 0 unspecified atom stereocenters. The van der Waals surface area contributed by atoms with Gasteiger partial charge in [-0.05, 0) is 38.5 Å². The van der Waals surface area contributed by atoms with Gasteiger partial charge in [0.15, 0.2) is 4.80 Å². The van der Waals surface area contributed by atoms with E-state index in [-0.39, 0.29) is 22.7 Å². The number of alkyl halides is 3. The number of aliphatic hydroxyl groups is 1. The molecule has 34 heavy (non-hydrogen) atoms. The molecule has 0 spiro atoms. The first-order valence-electron chi connectivity index (χ1n) is 10.5. The number of aromatic nitrogens is 3. The van der Waals surface area contributed by atoms with E-state index in [2.05, 4.69) is 10.1 Å². The Morgan fingerprint density at radius 3 is 2.62 bits per heavy atom. The maximum atomic E-state index is 13.3. The molecular formula is C22H25F3N4O4S. The van der Waals surface area contributed by atoms with Crippen LogP contribution < -0.4 is 15.1 Å². The Kier molecular flexibility index (Phi) is 7.32. The lowest BCUT2D eigenvalue weighted by Crippen LogP contribution is -2.28. The first kappa shape index (κ1) is 25.6. The van der Waals surface area contributed by atoms with Crippen molar-refractivity contribution in [3.63, 3.8) is 0 Å². The van der Waals surface area contributed by atoms with Crippen molar-refractivity contribution in [1.82, 2.24) is 14.3 Å². The SMILES string of the molecule is CCCCn1/c(=N/C(=O)c2cc(C(F)(F)F)ccc2OCC(C)(C)O)sc2cnn(C)c(=O)c21. The summed E-state index contributed by atoms with van der Waals surface area (Å²) < 4.78 is 48.7. The fourth-order valence-corrected chi connectivity index (χ4v) is 4.10. The minimum atomic E-state index is -4.68. The summed E-state index contributed by atoms with van der Waals surface area (Å²) in [6.07, 6.45) is -1.69. The lowest BCUT2D eigenvalue weighted by molar-refractivity contribution is -0.137. The monoisotopic (exact) mass is 498 g/mol. The zero-order valence-corrected chi connectivity index (χ0v) is 20.0. The highest BCUT2D eigenvalue weighted by molar-refractivity contribution is 7.16. The van der Waals surface area contributed by atoms with Crippen LogP contribution in [0.4, 0.5) is 13.2 Å². The van der Waals surface area contributed by atoms with Crippen LogP contribution in [-0.2, 0) is 19.8 Å². The molecule has 1 aromatic carbocycles. The molecule has 3 rings (SSSR count). The standard InChI is InChI=1S/C22H25F3N4O4S/c1-5-6-9-29-17-16(11-26-28(4)19(17)31)34-20(29)27-18(30)14-10-13(22(23,24)25)7-8-15(14)33-12-21(2,3)32/h7-8,10-11,32H,5-6,9,12H2,1-4H3/b27-20-. The maximum Gasteiger partial charge on any atom is 0.416 e. The number of rotatable bonds is 7. The molecule has 0 aliphatic rings. The van der Waals surface area contributed by atoms with Gasteiger partial charge in [0, 0.05) is 13.6 Å². The number of unbranched alkanes of at least 4 members (excludes halogenated alkanes) is 1. The fraction of sp³-hybridized carbons (Fsp3) is 0.455. The number of nitrogens with zero attached hydrogens (tertiary/aromatic N) is 4. The number of hydrogen-bond donors (Lipinski definition) is 1. The molecule has 0 saturated carbocycles. The molecular weight excluding hydrogens is 473 g/mol. The largest absolute Gasteiger partial charge is 0.490 e. The van der Waals surface area contributed by atoms with Gasteiger partial charge in [0.05, 0.1) is 27.6 Å². The zero-order chi connectivity index (χ0) is 25.3. The molecule has 0 radical (unpaired) electrons. The van der Waals surface area contributed by atoms with Gasteiger partial charge in [-0.3, -0.25) is 9.59 Å². The van der Waals surface area contributed by atoms with Crippen molar-refractivity contribution in [3.05, 3.63) is 50.7 Å². The van der Waals surface area contributed by atoms with Crippen LogP contribution in [0.25, 0.3) is 10.2 Å². The Hall–Kier alpha value is -2.99. The maximum absolute atomic E-state index is 13.3. The van der Waals surface area contributed by atoms with Crippen LogP contribution in [0, 0.1) is 0 Å². The molecule has 1 N–H and O–H groups in total. The average molecular weight is 499 g/mol. The number of carbonyl (C=O) groups is 1. The van der Waals surface area contributed by atoms with E-state index in [0.29, 0.717) is 29.2 Å². The molecule has 0 fully saturated rings. The van der Waals surface area contributed by atoms with Gasteiger partial charge in [-0.15, -0.1) is 0 Å². The number of carbonyl (C=O) groups excluding carboxylic acids is 1. The zero-order valence-electron chi connectivity index (χ0n) is 19.1. The Labute approximate surface area is 196 Å². The highest BCUT2D eigenvalue weighted by Gasteiger charge is 2.32. The van der Waals surface area contributed by atoms with E-state index in [1.54, 1.807) is 4.57 Å². The topological polar surface area (TPSA) is 98.7 Å². The number of aryl methyl sites for hydroxylation is 2. The van der Waals surface area contributed by atoms with Gasteiger partial charge in [0.2, 0.25) is 0 Å². The van der Waals surface area contributed by atoms with Crippen LogP contribution in [0.3, 0.4) is 0 Å². The highest BCUT2D eigenvalue weighted by Crippen LogP contribution is 2.33. The smallest absolute Gasteiger partial charge is 0.416 e. The predicted molar refractivity (Wildman–Crippen MR) is 121 cm³/mol. The molecule has 8 nitrogen and oxygen atoms in total. The van der Waals surface area contributed by atoms with Crippen LogP contribution in [0.5, 0.6) is 5.75 Å². The van der Waals surface area contributed by atoms with Crippen molar-refractivity contribution in [2.24, 2.45) is 12.0 Å². The summed E-state index contributed by atoms with van der Waals surface area (Å²) in [4.78, 5) is 30.0. The molecule has 0 bridgehead atoms. The summed E-state index contributed by atoms with van der Waals surface area (Å²) in [5, 5.41) is 13.9. The minimum Gasteiger partial charge on any atom is -0.490 e. The summed E-state index contributed by atoms with van der Waals surface area (Å²) in [7, 11) is 1.50. The summed E-state index contributed by atoms with van der Waals surface area (Å²) in [5.41, 5.74) is -2.75. The summed E-state index contributed by atoms with van der Waals surface area (Å²) in [6.45, 7) is 5.04. The van der Waals surface area contributed by atoms with Crippen LogP contribution >= 0.6 is 11.3 Å². The molecule has 12 heteroatoms. The molecule has 0 aliphatic carbocycles. The summed E-state index contributed by atoms with van der Waals surface area (Å²) >= 11 is 1.05. The van der Waals surface area contributed by atoms with E-state index < -0.39 is 28.8 Å². The molecule has 3 aromatic rings. The van der Waals surface area contributed by atoms with Crippen LogP contribution in [0.1, 0.15) is 49.5 Å². The molecule has 2 aromatic heterocycles. The molecule has 184 valence electrons. The number of ether oxygens (including phenoxy) is 1. The number of halogens is 3. The summed E-state index contributed by atoms with van der Waals surface area (Å²) in [5.74, 6) is -1.10. The van der Waals surface area contributed by atoms with Gasteiger partial charge >= 0.3 is 6.18 Å². The first-order chi connectivity index (χ1) is 15.8. The van der Waals surface area contributed by atoms with Crippen LogP contribution in [0.2, 0.25) is 0 Å². The van der Waals surface area contributed by atoms with Gasteiger partial charge in [0.25, 0.3) is 11.5 Å². The normalized spacial score (nSPS) is 13.0. The van der Waals surface area contributed by atoms with Crippen molar-refractivity contribution in [3.8, 4) is 5.75 Å². The number of hydrogen-bond acceptors (Lipinski definition) is 6. The molecule has 0 saturated heterocycles. The van der Waals surface area contributed by atoms with Gasteiger partial charge in [0.1, 0.15) is 17.9 Å². The van der Waals surface area contributed by atoms with Crippen LogP contribution in [-0.4, -0.2) is 37.6 Å². The molecule has 1 amide bonds. The van der Waals surface area contributed by atoms with Crippen molar-refractivity contribution in [2.75, 3.05) is 6.61 Å². The second-order valence-corrected chi connectivity index (χ2v) is 9.41. The fourth-order valence-electron chi connectivity index (χ4n) is 3.09. The van der Waals surface area contributed by atoms with E-state index in [0.717, 1.165) is 29.9 Å². The Morgan fingerprint density at radius 1 is 1.29 bits per heavy atom. The van der Waals surface area contributed by atoms with E-state index in [4.69, 9.17) is 4.74 Å². The van der Waals surface area contributed by atoms with Crippen molar-refractivity contribution < 1.29 is 27.8 Å². The Balaban J connectivity index is 2.18. The Bertz CT molecular complexity index is 1330. The lowest BCUT2D eigenvalue weighted by atomic mass is 10.1. The molecule has 0 atom stereocenters. The third-order valence-electron chi connectivity index (χ3n) is 4.83. The van der Waals surface area contributed by atoms with Crippen molar-refractivity contribution in [1.29, 1.82) is 0 Å². The molecule has 2 heterocycles. The quantitative estimate of drug-likeness (QED) is 0.538.